The Morgan fingerprint density at radius 2 is 2.24 bits per heavy atom. The zero-order valence-electron chi connectivity index (χ0n) is 8.99. The molecule has 5 heteroatoms. The fraction of sp³-hybridized carbons (Fsp3) is 0.167. The number of rotatable bonds is 4. The van der Waals surface area contributed by atoms with Gasteiger partial charge in [-0.25, -0.2) is 4.39 Å². The van der Waals surface area contributed by atoms with Crippen molar-refractivity contribution in [3.63, 3.8) is 0 Å². The van der Waals surface area contributed by atoms with Crippen LogP contribution in [0.3, 0.4) is 0 Å². The molecule has 0 radical (unpaired) electrons. The zero-order chi connectivity index (χ0) is 12.3. The summed E-state index contributed by atoms with van der Waals surface area (Å²) >= 11 is 5.70. The van der Waals surface area contributed by atoms with Crippen LogP contribution in [0.15, 0.2) is 41.0 Å². The third kappa shape index (κ3) is 2.85. The summed E-state index contributed by atoms with van der Waals surface area (Å²) in [5, 5.41) is 0.361. The largest absolute Gasteiger partial charge is 0.469 e. The molecule has 0 fully saturated rings. The summed E-state index contributed by atoms with van der Waals surface area (Å²) in [4.78, 5) is 0. The van der Waals surface area contributed by atoms with Crippen LogP contribution >= 0.6 is 11.6 Å². The average molecular weight is 255 g/mol. The second-order valence-corrected chi connectivity index (χ2v) is 4.11. The molecule has 0 aliphatic heterocycles. The maximum Gasteiger partial charge on any atom is 0.129 e. The molecular weight excluding hydrogens is 243 g/mol. The van der Waals surface area contributed by atoms with Gasteiger partial charge in [-0.3, -0.25) is 11.3 Å². The van der Waals surface area contributed by atoms with Crippen LogP contribution in [0.5, 0.6) is 0 Å². The van der Waals surface area contributed by atoms with Crippen LogP contribution in [-0.4, -0.2) is 0 Å². The molecule has 0 aliphatic rings. The number of nitrogens with one attached hydrogen (secondary N) is 1. The lowest BCUT2D eigenvalue weighted by atomic mass is 10.0. The Labute approximate surface area is 103 Å². The molecule has 0 saturated carbocycles. The first-order valence-corrected chi connectivity index (χ1v) is 5.52. The van der Waals surface area contributed by atoms with Crippen molar-refractivity contribution in [2.75, 3.05) is 0 Å². The summed E-state index contributed by atoms with van der Waals surface area (Å²) in [7, 11) is 0. The first-order valence-electron chi connectivity index (χ1n) is 5.14. The van der Waals surface area contributed by atoms with Gasteiger partial charge in [0.05, 0.1) is 12.3 Å². The summed E-state index contributed by atoms with van der Waals surface area (Å²) in [6, 6.07) is 7.76. The van der Waals surface area contributed by atoms with Crippen LogP contribution in [0.25, 0.3) is 0 Å². The Morgan fingerprint density at radius 3 is 2.82 bits per heavy atom. The molecule has 1 aromatic carbocycles. The minimum absolute atomic E-state index is 0.349. The normalized spacial score (nSPS) is 12.6. The van der Waals surface area contributed by atoms with Gasteiger partial charge in [0.2, 0.25) is 0 Å². The van der Waals surface area contributed by atoms with Crippen LogP contribution in [0.2, 0.25) is 5.02 Å². The Kier molecular flexibility index (Phi) is 3.78. The van der Waals surface area contributed by atoms with Crippen molar-refractivity contribution < 1.29 is 8.81 Å². The number of hydrogen-bond acceptors (Lipinski definition) is 3. The number of halogens is 2. The minimum atomic E-state index is -0.382. The van der Waals surface area contributed by atoms with Crippen molar-refractivity contribution in [1.82, 2.24) is 5.43 Å². The lowest BCUT2D eigenvalue weighted by Crippen LogP contribution is -2.30. The van der Waals surface area contributed by atoms with Crippen molar-refractivity contribution >= 4 is 11.6 Å². The van der Waals surface area contributed by atoms with Crippen molar-refractivity contribution in [1.29, 1.82) is 0 Å². The number of hydrogen-bond donors (Lipinski definition) is 2. The van der Waals surface area contributed by atoms with Crippen molar-refractivity contribution in [2.45, 2.75) is 12.5 Å². The maximum absolute atomic E-state index is 13.7. The molecule has 0 bridgehead atoms. The highest BCUT2D eigenvalue weighted by Gasteiger charge is 2.16. The maximum atomic E-state index is 13.7. The zero-order valence-corrected chi connectivity index (χ0v) is 9.75. The molecule has 1 heterocycles. The molecule has 17 heavy (non-hydrogen) atoms. The van der Waals surface area contributed by atoms with Crippen LogP contribution in [0.4, 0.5) is 4.39 Å². The van der Waals surface area contributed by atoms with E-state index in [4.69, 9.17) is 21.9 Å². The lowest BCUT2D eigenvalue weighted by molar-refractivity contribution is 0.443. The van der Waals surface area contributed by atoms with E-state index in [1.165, 1.54) is 6.07 Å². The second-order valence-electron chi connectivity index (χ2n) is 3.67. The van der Waals surface area contributed by atoms with Crippen LogP contribution in [0.1, 0.15) is 17.4 Å². The van der Waals surface area contributed by atoms with Gasteiger partial charge < -0.3 is 4.42 Å². The van der Waals surface area contributed by atoms with Gasteiger partial charge in [0, 0.05) is 17.0 Å². The highest BCUT2D eigenvalue weighted by Crippen LogP contribution is 2.23. The second kappa shape index (κ2) is 5.31. The first-order chi connectivity index (χ1) is 8.20. The van der Waals surface area contributed by atoms with E-state index in [0.29, 0.717) is 17.0 Å². The van der Waals surface area contributed by atoms with Gasteiger partial charge in [-0.05, 0) is 24.3 Å². The SMILES string of the molecule is NNC(Cc1ccco1)c1ccc(Cl)cc1F. The van der Waals surface area contributed by atoms with Gasteiger partial charge >= 0.3 is 0 Å². The standard InChI is InChI=1S/C12H12ClFN2O/c13-8-3-4-10(11(14)6-8)12(16-15)7-9-2-1-5-17-9/h1-6,12,16H,7,15H2. The van der Waals surface area contributed by atoms with E-state index in [9.17, 15) is 4.39 Å². The van der Waals surface area contributed by atoms with E-state index in [1.54, 1.807) is 24.5 Å². The number of benzene rings is 1. The molecule has 2 rings (SSSR count). The van der Waals surface area contributed by atoms with Gasteiger partial charge in [-0.15, -0.1) is 0 Å². The Hall–Kier alpha value is -1.36. The smallest absolute Gasteiger partial charge is 0.129 e. The van der Waals surface area contributed by atoms with Crippen molar-refractivity contribution in [3.8, 4) is 0 Å². The quantitative estimate of drug-likeness (QED) is 0.652. The summed E-state index contributed by atoms with van der Waals surface area (Å²) in [5.74, 6) is 5.79. The Balaban J connectivity index is 2.23. The highest BCUT2D eigenvalue weighted by atomic mass is 35.5. The molecular formula is C12H12ClFN2O. The number of nitrogens with two attached hydrogens (primary N) is 1. The van der Waals surface area contributed by atoms with E-state index in [1.807, 2.05) is 6.07 Å². The number of hydrazine groups is 1. The molecule has 90 valence electrons. The molecule has 0 amide bonds. The van der Waals surface area contributed by atoms with E-state index in [2.05, 4.69) is 5.43 Å². The van der Waals surface area contributed by atoms with Gasteiger partial charge in [-0.1, -0.05) is 17.7 Å². The van der Waals surface area contributed by atoms with Gasteiger partial charge in [-0.2, -0.15) is 0 Å². The van der Waals surface area contributed by atoms with Crippen LogP contribution < -0.4 is 11.3 Å². The lowest BCUT2D eigenvalue weighted by Gasteiger charge is -2.15. The molecule has 3 N–H and O–H groups in total. The molecule has 2 aromatic rings. The van der Waals surface area contributed by atoms with Gasteiger partial charge in [0.1, 0.15) is 11.6 Å². The fourth-order valence-corrected chi connectivity index (χ4v) is 1.83. The summed E-state index contributed by atoms with van der Waals surface area (Å²) in [6.45, 7) is 0. The summed E-state index contributed by atoms with van der Waals surface area (Å²) in [6.07, 6.45) is 2.04. The molecule has 1 unspecified atom stereocenters. The van der Waals surface area contributed by atoms with Crippen LogP contribution in [0, 0.1) is 5.82 Å². The van der Waals surface area contributed by atoms with Gasteiger partial charge in [0.15, 0.2) is 0 Å². The third-order valence-corrected chi connectivity index (χ3v) is 2.76. The Bertz CT molecular complexity index is 487. The van der Waals surface area contributed by atoms with Crippen molar-refractivity contribution in [2.24, 2.45) is 5.84 Å². The predicted octanol–water partition coefficient (Wildman–Crippen LogP) is 2.82. The van der Waals surface area contributed by atoms with E-state index >= 15 is 0 Å². The van der Waals surface area contributed by atoms with Gasteiger partial charge in [0.25, 0.3) is 0 Å². The van der Waals surface area contributed by atoms with E-state index in [0.717, 1.165) is 5.76 Å². The first kappa shape index (κ1) is 12.1. The molecule has 1 aromatic heterocycles. The monoisotopic (exact) mass is 254 g/mol. The highest BCUT2D eigenvalue weighted by molar-refractivity contribution is 6.30. The molecule has 1 atom stereocenters. The molecule has 0 saturated heterocycles. The summed E-state index contributed by atoms with van der Waals surface area (Å²) < 4.78 is 18.9. The minimum Gasteiger partial charge on any atom is -0.469 e. The van der Waals surface area contributed by atoms with E-state index < -0.39 is 0 Å². The number of furan rings is 1. The molecule has 0 aliphatic carbocycles. The molecule has 3 nitrogen and oxygen atoms in total. The average Bonchev–Trinajstić information content (AvgIpc) is 2.79. The molecule has 0 spiro atoms. The predicted molar refractivity (Wildman–Crippen MR) is 63.9 cm³/mol. The van der Waals surface area contributed by atoms with Crippen molar-refractivity contribution in [3.05, 3.63) is 58.8 Å². The van der Waals surface area contributed by atoms with E-state index in [-0.39, 0.29) is 11.9 Å². The fourth-order valence-electron chi connectivity index (χ4n) is 1.67. The Morgan fingerprint density at radius 1 is 1.41 bits per heavy atom. The third-order valence-electron chi connectivity index (χ3n) is 2.52. The van der Waals surface area contributed by atoms with Crippen LogP contribution in [-0.2, 0) is 6.42 Å². The summed E-state index contributed by atoms with van der Waals surface area (Å²) in [5.41, 5.74) is 3.04. The topological polar surface area (TPSA) is 51.2 Å².